The molecular formula is C13H20N2O3S. The molecule has 0 spiro atoms. The van der Waals surface area contributed by atoms with E-state index in [0.717, 1.165) is 12.0 Å². The second-order valence-electron chi connectivity index (χ2n) is 5.70. The molecule has 1 aliphatic rings. The van der Waals surface area contributed by atoms with Crippen LogP contribution in [0.5, 0.6) is 0 Å². The Kier molecular flexibility index (Phi) is 3.70. The molecule has 106 valence electrons. The van der Waals surface area contributed by atoms with E-state index >= 15 is 0 Å². The predicted molar refractivity (Wildman–Crippen MR) is 72.8 cm³/mol. The van der Waals surface area contributed by atoms with Crippen molar-refractivity contribution in [3.63, 3.8) is 0 Å². The maximum atomic E-state index is 11.1. The highest BCUT2D eigenvalue weighted by atomic mass is 32.2. The van der Waals surface area contributed by atoms with Gasteiger partial charge in [0, 0.05) is 18.0 Å². The van der Waals surface area contributed by atoms with Crippen LogP contribution in [0.2, 0.25) is 0 Å². The van der Waals surface area contributed by atoms with Crippen LogP contribution in [0.25, 0.3) is 0 Å². The second-order valence-corrected chi connectivity index (χ2v) is 7.26. The molecule has 2 atom stereocenters. The van der Waals surface area contributed by atoms with Gasteiger partial charge in [0.15, 0.2) is 0 Å². The van der Waals surface area contributed by atoms with Gasteiger partial charge in [0.2, 0.25) is 10.0 Å². The first kappa shape index (κ1) is 14.5. The smallest absolute Gasteiger partial charge is 0.238 e. The summed E-state index contributed by atoms with van der Waals surface area (Å²) in [6, 6.07) is 6.78. The Morgan fingerprint density at radius 3 is 2.37 bits per heavy atom. The van der Waals surface area contributed by atoms with Crippen LogP contribution in [0, 0.1) is 5.41 Å². The molecule has 0 amide bonds. The first-order chi connectivity index (χ1) is 8.71. The lowest BCUT2D eigenvalue weighted by molar-refractivity contribution is -0.0729. The Bertz CT molecular complexity index is 552. The highest BCUT2D eigenvalue weighted by Crippen LogP contribution is 2.40. The molecule has 0 bridgehead atoms. The van der Waals surface area contributed by atoms with Crippen molar-refractivity contribution in [3.8, 4) is 0 Å². The first-order valence-corrected chi connectivity index (χ1v) is 7.79. The summed E-state index contributed by atoms with van der Waals surface area (Å²) >= 11 is 0. The Hall–Kier alpha value is -0.950. The van der Waals surface area contributed by atoms with Crippen LogP contribution in [0.15, 0.2) is 29.2 Å². The Labute approximate surface area is 113 Å². The number of rotatable bonds is 4. The Morgan fingerprint density at radius 1 is 1.37 bits per heavy atom. The van der Waals surface area contributed by atoms with Crippen LogP contribution < -0.4 is 10.5 Å². The number of benzene rings is 1. The van der Waals surface area contributed by atoms with Crippen molar-refractivity contribution in [2.24, 2.45) is 10.6 Å². The van der Waals surface area contributed by atoms with Gasteiger partial charge >= 0.3 is 0 Å². The minimum Gasteiger partial charge on any atom is -0.392 e. The summed E-state index contributed by atoms with van der Waals surface area (Å²) in [6.07, 6.45) is 0.497. The van der Waals surface area contributed by atoms with E-state index in [1.54, 1.807) is 12.1 Å². The van der Waals surface area contributed by atoms with Gasteiger partial charge in [-0.2, -0.15) is 0 Å². The first-order valence-electron chi connectivity index (χ1n) is 6.24. The average molecular weight is 284 g/mol. The van der Waals surface area contributed by atoms with Gasteiger partial charge in [-0.1, -0.05) is 26.0 Å². The molecule has 1 aromatic carbocycles. The standard InChI is InChI=1S/C13H20N2O3S/c1-13(2)11(7-12(13)16)15-8-9-3-5-10(6-4-9)19(14,17)18/h3-6,11-12,15-16H,7-8H2,1-2H3,(H2,14,17,18). The fourth-order valence-electron chi connectivity index (χ4n) is 2.29. The lowest BCUT2D eigenvalue weighted by Crippen LogP contribution is -2.59. The zero-order chi connectivity index (χ0) is 14.3. The maximum absolute atomic E-state index is 11.1. The van der Waals surface area contributed by atoms with Crippen LogP contribution >= 0.6 is 0 Å². The van der Waals surface area contributed by atoms with Crippen molar-refractivity contribution in [2.75, 3.05) is 0 Å². The van der Waals surface area contributed by atoms with Gasteiger partial charge in [-0.05, 0) is 24.1 Å². The van der Waals surface area contributed by atoms with Crippen molar-refractivity contribution >= 4 is 10.0 Å². The number of aliphatic hydroxyl groups is 1. The number of hydrogen-bond donors (Lipinski definition) is 3. The molecule has 2 unspecified atom stereocenters. The number of sulfonamides is 1. The average Bonchev–Trinajstić information content (AvgIpc) is 2.33. The van der Waals surface area contributed by atoms with E-state index in [1.807, 2.05) is 13.8 Å². The molecule has 1 fully saturated rings. The van der Waals surface area contributed by atoms with Gasteiger partial charge in [-0.15, -0.1) is 0 Å². The third-order valence-electron chi connectivity index (χ3n) is 4.02. The molecule has 6 heteroatoms. The topological polar surface area (TPSA) is 92.4 Å². The number of nitrogens with one attached hydrogen (secondary N) is 1. The molecule has 5 nitrogen and oxygen atoms in total. The lowest BCUT2D eigenvalue weighted by Gasteiger charge is -2.49. The molecule has 4 N–H and O–H groups in total. The molecule has 19 heavy (non-hydrogen) atoms. The lowest BCUT2D eigenvalue weighted by atomic mass is 9.64. The van der Waals surface area contributed by atoms with E-state index in [1.165, 1.54) is 12.1 Å². The van der Waals surface area contributed by atoms with Crippen molar-refractivity contribution in [1.29, 1.82) is 0 Å². The minimum atomic E-state index is -3.62. The third-order valence-corrected chi connectivity index (χ3v) is 4.95. The summed E-state index contributed by atoms with van der Waals surface area (Å²) in [6.45, 7) is 4.71. The Morgan fingerprint density at radius 2 is 1.95 bits per heavy atom. The minimum absolute atomic E-state index is 0.111. The molecule has 1 aromatic rings. The van der Waals surface area contributed by atoms with E-state index in [-0.39, 0.29) is 22.5 Å². The maximum Gasteiger partial charge on any atom is 0.238 e. The van der Waals surface area contributed by atoms with E-state index in [2.05, 4.69) is 5.32 Å². The fraction of sp³-hybridized carbons (Fsp3) is 0.538. The number of aliphatic hydroxyl groups excluding tert-OH is 1. The molecule has 0 heterocycles. The number of hydrogen-bond acceptors (Lipinski definition) is 4. The fourth-order valence-corrected chi connectivity index (χ4v) is 2.80. The van der Waals surface area contributed by atoms with Crippen LogP contribution in [0.1, 0.15) is 25.8 Å². The van der Waals surface area contributed by atoms with Gasteiger partial charge < -0.3 is 10.4 Å². The molecule has 0 saturated heterocycles. The van der Waals surface area contributed by atoms with Gasteiger partial charge in [0.05, 0.1) is 11.0 Å². The van der Waals surface area contributed by atoms with Crippen LogP contribution in [0.4, 0.5) is 0 Å². The molecule has 1 aliphatic carbocycles. The Balaban J connectivity index is 1.95. The summed E-state index contributed by atoms with van der Waals surface area (Å²) in [4.78, 5) is 0.121. The van der Waals surface area contributed by atoms with Crippen LogP contribution in [0.3, 0.4) is 0 Å². The van der Waals surface area contributed by atoms with Crippen molar-refractivity contribution in [2.45, 2.75) is 43.9 Å². The van der Waals surface area contributed by atoms with Crippen molar-refractivity contribution in [1.82, 2.24) is 5.32 Å². The monoisotopic (exact) mass is 284 g/mol. The van der Waals surface area contributed by atoms with Crippen molar-refractivity contribution in [3.05, 3.63) is 29.8 Å². The summed E-state index contributed by atoms with van der Waals surface area (Å²) in [7, 11) is -3.62. The molecule has 1 saturated carbocycles. The molecule has 0 aliphatic heterocycles. The normalized spacial score (nSPS) is 25.9. The van der Waals surface area contributed by atoms with E-state index < -0.39 is 10.0 Å². The zero-order valence-corrected chi connectivity index (χ0v) is 11.9. The van der Waals surface area contributed by atoms with Gasteiger partial charge in [0.1, 0.15) is 0 Å². The number of primary sulfonamides is 1. The third kappa shape index (κ3) is 2.97. The summed E-state index contributed by atoms with van der Waals surface area (Å²) < 4.78 is 22.2. The highest BCUT2D eigenvalue weighted by Gasteiger charge is 2.46. The highest BCUT2D eigenvalue weighted by molar-refractivity contribution is 7.89. The number of nitrogens with two attached hydrogens (primary N) is 1. The predicted octanol–water partition coefficient (Wildman–Crippen LogP) is 0.583. The van der Waals surface area contributed by atoms with Crippen LogP contribution in [-0.2, 0) is 16.6 Å². The van der Waals surface area contributed by atoms with E-state index in [9.17, 15) is 13.5 Å². The van der Waals surface area contributed by atoms with E-state index in [4.69, 9.17) is 5.14 Å². The summed E-state index contributed by atoms with van der Waals surface area (Å²) in [5.41, 5.74) is 0.880. The molecular weight excluding hydrogens is 264 g/mol. The second kappa shape index (κ2) is 4.86. The molecule has 2 rings (SSSR count). The van der Waals surface area contributed by atoms with E-state index in [0.29, 0.717) is 6.54 Å². The summed E-state index contributed by atoms with van der Waals surface area (Å²) in [5, 5.41) is 18.1. The molecule has 0 aromatic heterocycles. The van der Waals surface area contributed by atoms with Crippen molar-refractivity contribution < 1.29 is 13.5 Å². The molecule has 0 radical (unpaired) electrons. The van der Waals surface area contributed by atoms with Crippen LogP contribution in [-0.4, -0.2) is 25.7 Å². The summed E-state index contributed by atoms with van der Waals surface area (Å²) in [5.74, 6) is 0. The van der Waals surface area contributed by atoms with Gasteiger partial charge in [-0.3, -0.25) is 0 Å². The zero-order valence-electron chi connectivity index (χ0n) is 11.1. The van der Waals surface area contributed by atoms with Gasteiger partial charge in [-0.25, -0.2) is 13.6 Å². The SMILES string of the molecule is CC1(C)C(O)CC1NCc1ccc(S(N)(=O)=O)cc1. The quantitative estimate of drug-likeness (QED) is 0.754. The largest absolute Gasteiger partial charge is 0.392 e. The van der Waals surface area contributed by atoms with Gasteiger partial charge in [0.25, 0.3) is 0 Å².